The van der Waals surface area contributed by atoms with Gasteiger partial charge in [0.1, 0.15) is 0 Å². The third-order valence-corrected chi connectivity index (χ3v) is 1.66. The van der Waals surface area contributed by atoms with E-state index in [1.54, 1.807) is 12.1 Å². The van der Waals surface area contributed by atoms with Crippen LogP contribution in [0.4, 0.5) is 8.78 Å². The molecule has 0 radical (unpaired) electrons. The van der Waals surface area contributed by atoms with Crippen molar-refractivity contribution in [1.29, 1.82) is 0 Å². The van der Waals surface area contributed by atoms with Crippen LogP contribution in [0.2, 0.25) is 0 Å². The van der Waals surface area contributed by atoms with E-state index in [9.17, 15) is 8.78 Å². The van der Waals surface area contributed by atoms with Crippen molar-refractivity contribution in [2.24, 2.45) is 5.73 Å². The topological polar surface area (TPSA) is 26.0 Å². The van der Waals surface area contributed by atoms with Crippen LogP contribution in [-0.2, 0) is 6.42 Å². The lowest BCUT2D eigenvalue weighted by Gasteiger charge is -2.01. The highest BCUT2D eigenvalue weighted by Gasteiger charge is 2.04. The average molecular weight is 171 g/mol. The second-order valence-electron chi connectivity index (χ2n) is 2.58. The fraction of sp³-hybridized carbons (Fsp3) is 0.333. The summed E-state index contributed by atoms with van der Waals surface area (Å²) in [5, 5.41) is 0. The van der Waals surface area contributed by atoms with Crippen LogP contribution in [0.1, 0.15) is 17.6 Å². The van der Waals surface area contributed by atoms with Gasteiger partial charge in [-0.2, -0.15) is 0 Å². The van der Waals surface area contributed by atoms with E-state index in [4.69, 9.17) is 5.73 Å². The molecule has 12 heavy (non-hydrogen) atoms. The molecule has 0 aliphatic rings. The van der Waals surface area contributed by atoms with Crippen molar-refractivity contribution in [2.45, 2.75) is 12.8 Å². The first-order valence-electron chi connectivity index (χ1n) is 3.81. The Hall–Kier alpha value is -0.960. The van der Waals surface area contributed by atoms with Gasteiger partial charge in [0.15, 0.2) is 0 Å². The van der Waals surface area contributed by atoms with E-state index in [1.165, 1.54) is 12.1 Å². The summed E-state index contributed by atoms with van der Waals surface area (Å²) in [6, 6.07) is 6.26. The second kappa shape index (κ2) is 4.16. The number of benzene rings is 1. The molecule has 0 saturated carbocycles. The van der Waals surface area contributed by atoms with Crippen molar-refractivity contribution in [1.82, 2.24) is 0 Å². The lowest BCUT2D eigenvalue weighted by atomic mass is 10.1. The summed E-state index contributed by atoms with van der Waals surface area (Å²) in [6.07, 6.45) is -1.64. The Morgan fingerprint density at radius 2 is 1.75 bits per heavy atom. The Balaban J connectivity index is 2.71. The normalized spacial score (nSPS) is 10.7. The molecule has 0 fully saturated rings. The molecule has 1 aromatic rings. The summed E-state index contributed by atoms with van der Waals surface area (Å²) in [5.41, 5.74) is 6.38. The molecule has 3 heteroatoms. The van der Waals surface area contributed by atoms with E-state index in [0.29, 0.717) is 6.54 Å². The molecule has 0 amide bonds. The van der Waals surface area contributed by atoms with Gasteiger partial charge >= 0.3 is 0 Å². The smallest absolute Gasteiger partial charge is 0.263 e. The predicted molar refractivity (Wildman–Crippen MR) is 44.2 cm³/mol. The zero-order valence-corrected chi connectivity index (χ0v) is 6.63. The van der Waals surface area contributed by atoms with Gasteiger partial charge in [0.05, 0.1) is 0 Å². The summed E-state index contributed by atoms with van der Waals surface area (Å²) in [6.45, 7) is 0.550. The monoisotopic (exact) mass is 171 g/mol. The number of rotatable bonds is 3. The molecule has 2 N–H and O–H groups in total. The summed E-state index contributed by atoms with van der Waals surface area (Å²) in [5.74, 6) is 0. The molecule has 0 aliphatic carbocycles. The minimum absolute atomic E-state index is 0.0655. The SMILES string of the molecule is NCCc1ccc(C(F)F)cc1. The van der Waals surface area contributed by atoms with Crippen molar-refractivity contribution in [3.8, 4) is 0 Å². The molecule has 1 rings (SSSR count). The highest BCUT2D eigenvalue weighted by atomic mass is 19.3. The molecular formula is C9H11F2N. The van der Waals surface area contributed by atoms with E-state index in [-0.39, 0.29) is 5.56 Å². The molecule has 0 atom stereocenters. The van der Waals surface area contributed by atoms with Crippen molar-refractivity contribution in [3.05, 3.63) is 35.4 Å². The summed E-state index contributed by atoms with van der Waals surface area (Å²) in [4.78, 5) is 0. The van der Waals surface area contributed by atoms with Gasteiger partial charge in [-0.25, -0.2) is 8.78 Å². The van der Waals surface area contributed by atoms with Crippen LogP contribution in [0.15, 0.2) is 24.3 Å². The van der Waals surface area contributed by atoms with Crippen molar-refractivity contribution in [2.75, 3.05) is 6.54 Å². The average Bonchev–Trinajstić information content (AvgIpc) is 2.06. The largest absolute Gasteiger partial charge is 0.330 e. The second-order valence-corrected chi connectivity index (χ2v) is 2.58. The van der Waals surface area contributed by atoms with Crippen LogP contribution >= 0.6 is 0 Å². The standard InChI is InChI=1S/C9H11F2N/c10-9(11)8-3-1-7(2-4-8)5-6-12/h1-4,9H,5-6,12H2. The number of hydrogen-bond acceptors (Lipinski definition) is 1. The molecule has 0 spiro atoms. The molecule has 66 valence electrons. The minimum atomic E-state index is -2.38. The first-order chi connectivity index (χ1) is 5.74. The Bertz CT molecular complexity index is 231. The Morgan fingerprint density at radius 1 is 1.17 bits per heavy atom. The summed E-state index contributed by atoms with van der Waals surface area (Å²) < 4.78 is 24.1. The van der Waals surface area contributed by atoms with Gasteiger partial charge in [-0.3, -0.25) is 0 Å². The van der Waals surface area contributed by atoms with Crippen LogP contribution < -0.4 is 5.73 Å². The molecule has 0 heterocycles. The van der Waals surface area contributed by atoms with Crippen molar-refractivity contribution in [3.63, 3.8) is 0 Å². The van der Waals surface area contributed by atoms with E-state index in [0.717, 1.165) is 12.0 Å². The fourth-order valence-corrected chi connectivity index (χ4v) is 0.996. The molecule has 1 nitrogen and oxygen atoms in total. The Kier molecular flexibility index (Phi) is 3.17. The summed E-state index contributed by atoms with van der Waals surface area (Å²) >= 11 is 0. The lowest BCUT2D eigenvalue weighted by molar-refractivity contribution is 0.151. The van der Waals surface area contributed by atoms with Crippen molar-refractivity contribution >= 4 is 0 Å². The Labute approximate surface area is 70.2 Å². The summed E-state index contributed by atoms with van der Waals surface area (Å²) in [7, 11) is 0. The van der Waals surface area contributed by atoms with Gasteiger partial charge in [0.25, 0.3) is 6.43 Å². The first-order valence-corrected chi connectivity index (χ1v) is 3.81. The molecule has 0 saturated heterocycles. The van der Waals surface area contributed by atoms with Gasteiger partial charge < -0.3 is 5.73 Å². The van der Waals surface area contributed by atoms with Gasteiger partial charge in [-0.1, -0.05) is 24.3 Å². The van der Waals surface area contributed by atoms with Gasteiger partial charge in [-0.05, 0) is 18.5 Å². The number of alkyl halides is 2. The number of hydrogen-bond donors (Lipinski definition) is 1. The third-order valence-electron chi connectivity index (χ3n) is 1.66. The van der Waals surface area contributed by atoms with Crippen molar-refractivity contribution < 1.29 is 8.78 Å². The maximum atomic E-state index is 12.1. The zero-order chi connectivity index (χ0) is 8.97. The predicted octanol–water partition coefficient (Wildman–Crippen LogP) is 2.13. The van der Waals surface area contributed by atoms with E-state index in [2.05, 4.69) is 0 Å². The van der Waals surface area contributed by atoms with Gasteiger partial charge in [0.2, 0.25) is 0 Å². The molecule has 0 aliphatic heterocycles. The molecule has 1 aromatic carbocycles. The zero-order valence-electron chi connectivity index (χ0n) is 6.63. The van der Waals surface area contributed by atoms with Crippen LogP contribution in [0.25, 0.3) is 0 Å². The van der Waals surface area contributed by atoms with Crippen LogP contribution in [0.5, 0.6) is 0 Å². The number of halogens is 2. The molecule has 0 bridgehead atoms. The lowest BCUT2D eigenvalue weighted by Crippen LogP contribution is -2.02. The highest BCUT2D eigenvalue weighted by molar-refractivity contribution is 5.23. The fourth-order valence-electron chi connectivity index (χ4n) is 0.996. The van der Waals surface area contributed by atoms with E-state index >= 15 is 0 Å². The molecule has 0 unspecified atom stereocenters. The maximum Gasteiger partial charge on any atom is 0.263 e. The highest BCUT2D eigenvalue weighted by Crippen LogP contribution is 2.18. The maximum absolute atomic E-state index is 12.1. The van der Waals surface area contributed by atoms with Crippen LogP contribution in [-0.4, -0.2) is 6.54 Å². The van der Waals surface area contributed by atoms with Gasteiger partial charge in [0, 0.05) is 5.56 Å². The van der Waals surface area contributed by atoms with Crippen LogP contribution in [0, 0.1) is 0 Å². The number of nitrogens with two attached hydrogens (primary N) is 1. The van der Waals surface area contributed by atoms with E-state index in [1.807, 2.05) is 0 Å². The van der Waals surface area contributed by atoms with E-state index < -0.39 is 6.43 Å². The third kappa shape index (κ3) is 2.27. The Morgan fingerprint density at radius 3 is 2.17 bits per heavy atom. The first kappa shape index (κ1) is 9.13. The van der Waals surface area contributed by atoms with Crippen LogP contribution in [0.3, 0.4) is 0 Å². The molecular weight excluding hydrogens is 160 g/mol. The van der Waals surface area contributed by atoms with Gasteiger partial charge in [-0.15, -0.1) is 0 Å². The quantitative estimate of drug-likeness (QED) is 0.740. The molecule has 0 aromatic heterocycles. The minimum Gasteiger partial charge on any atom is -0.330 e.